The molecule has 1 aromatic rings. The first-order valence-electron chi connectivity index (χ1n) is 10.1. The molecule has 0 amide bonds. The highest BCUT2D eigenvalue weighted by Crippen LogP contribution is 2.30. The topological polar surface area (TPSA) is 56.0 Å². The van der Waals surface area contributed by atoms with Crippen molar-refractivity contribution in [3.63, 3.8) is 0 Å². The number of rotatable bonds is 6. The molecule has 1 aromatic heterocycles. The van der Waals surface area contributed by atoms with Crippen molar-refractivity contribution in [2.75, 3.05) is 53.4 Å². The number of guanidine groups is 1. The van der Waals surface area contributed by atoms with Crippen molar-refractivity contribution in [3.05, 3.63) is 24.2 Å². The summed E-state index contributed by atoms with van der Waals surface area (Å²) >= 11 is 0. The lowest BCUT2D eigenvalue weighted by Crippen LogP contribution is -2.62. The second-order valence-electron chi connectivity index (χ2n) is 7.76. The lowest BCUT2D eigenvalue weighted by atomic mass is 9.84. The fourth-order valence-corrected chi connectivity index (χ4v) is 4.24. The third-order valence-electron chi connectivity index (χ3n) is 6.00. The van der Waals surface area contributed by atoms with Gasteiger partial charge in [-0.3, -0.25) is 9.89 Å². The number of halogens is 1. The van der Waals surface area contributed by atoms with Crippen LogP contribution in [0.25, 0.3) is 0 Å². The highest BCUT2D eigenvalue weighted by Gasteiger charge is 2.39. The molecule has 0 aromatic carbocycles. The summed E-state index contributed by atoms with van der Waals surface area (Å²) in [5.74, 6) is 1.90. The molecule has 0 radical (unpaired) electrons. The van der Waals surface area contributed by atoms with Crippen LogP contribution >= 0.6 is 24.0 Å². The zero-order valence-corrected chi connectivity index (χ0v) is 19.2. The van der Waals surface area contributed by atoms with E-state index in [1.807, 2.05) is 19.2 Å². The first-order chi connectivity index (χ1) is 12.7. The average molecular weight is 489 g/mol. The van der Waals surface area contributed by atoms with Crippen molar-refractivity contribution in [1.29, 1.82) is 0 Å². The minimum atomic E-state index is 0. The summed E-state index contributed by atoms with van der Waals surface area (Å²) in [6.45, 7) is 6.66. The van der Waals surface area contributed by atoms with Crippen molar-refractivity contribution in [1.82, 2.24) is 20.4 Å². The molecule has 2 aliphatic rings. The van der Waals surface area contributed by atoms with Gasteiger partial charge in [0.25, 0.3) is 0 Å². The van der Waals surface area contributed by atoms with Crippen molar-refractivity contribution in [2.24, 2.45) is 4.99 Å². The van der Waals surface area contributed by atoms with Gasteiger partial charge in [-0.05, 0) is 71.0 Å². The maximum absolute atomic E-state index is 5.40. The molecular weight excluding hydrogens is 453 g/mol. The number of furan rings is 1. The van der Waals surface area contributed by atoms with Crippen LogP contribution in [-0.2, 0) is 6.42 Å². The molecule has 27 heavy (non-hydrogen) atoms. The van der Waals surface area contributed by atoms with E-state index in [1.165, 1.54) is 58.3 Å². The van der Waals surface area contributed by atoms with E-state index in [1.54, 1.807) is 6.26 Å². The van der Waals surface area contributed by atoms with E-state index in [4.69, 9.17) is 4.42 Å². The van der Waals surface area contributed by atoms with Gasteiger partial charge in [-0.15, -0.1) is 24.0 Å². The summed E-state index contributed by atoms with van der Waals surface area (Å²) in [4.78, 5) is 9.63. The molecule has 2 saturated heterocycles. The van der Waals surface area contributed by atoms with Gasteiger partial charge in [-0.25, -0.2) is 0 Å². The van der Waals surface area contributed by atoms with Crippen molar-refractivity contribution in [3.8, 4) is 0 Å². The molecule has 0 unspecified atom stereocenters. The van der Waals surface area contributed by atoms with Gasteiger partial charge in [-0.2, -0.15) is 0 Å². The van der Waals surface area contributed by atoms with Gasteiger partial charge >= 0.3 is 0 Å². The lowest BCUT2D eigenvalue weighted by molar-refractivity contribution is 0.0173. The van der Waals surface area contributed by atoms with Crippen LogP contribution in [0.3, 0.4) is 0 Å². The van der Waals surface area contributed by atoms with Gasteiger partial charge in [0, 0.05) is 32.1 Å². The van der Waals surface area contributed by atoms with E-state index in [9.17, 15) is 0 Å². The fraction of sp³-hybridized carbons (Fsp3) is 0.750. The molecule has 2 aliphatic heterocycles. The lowest BCUT2D eigenvalue weighted by Gasteiger charge is -2.50. The number of nitrogens with one attached hydrogen (secondary N) is 2. The van der Waals surface area contributed by atoms with Gasteiger partial charge in [0.2, 0.25) is 0 Å². The first kappa shape index (κ1) is 22.5. The second-order valence-corrected chi connectivity index (χ2v) is 7.76. The third kappa shape index (κ3) is 6.35. The SMILES string of the molecule is CN=C(NCCc1ccco1)NCC1(N2CCCCC2)CCN(C)CC1.I. The highest BCUT2D eigenvalue weighted by atomic mass is 127. The van der Waals surface area contributed by atoms with E-state index in [0.717, 1.165) is 31.2 Å². The van der Waals surface area contributed by atoms with Crippen LogP contribution in [0.15, 0.2) is 27.8 Å². The minimum Gasteiger partial charge on any atom is -0.469 e. The summed E-state index contributed by atoms with van der Waals surface area (Å²) in [5, 5.41) is 7.05. The predicted octanol–water partition coefficient (Wildman–Crippen LogP) is 2.56. The standard InChI is InChI=1S/C20H35N5O.HI/c1-21-19(22-11-8-18-7-6-16-26-18)23-17-20(9-14-24(2)15-10-20)25-12-4-3-5-13-25;/h6-7,16H,3-5,8-15,17H2,1-2H3,(H2,21,22,23);1H. The summed E-state index contributed by atoms with van der Waals surface area (Å²) in [6.07, 6.45) is 9.14. The Morgan fingerprint density at radius 2 is 1.89 bits per heavy atom. The van der Waals surface area contributed by atoms with Gasteiger partial charge in [-0.1, -0.05) is 6.42 Å². The zero-order valence-electron chi connectivity index (χ0n) is 16.9. The number of hydrogen-bond donors (Lipinski definition) is 2. The Hall–Kier alpha value is -0.800. The predicted molar refractivity (Wildman–Crippen MR) is 122 cm³/mol. The molecule has 2 N–H and O–H groups in total. The van der Waals surface area contributed by atoms with E-state index < -0.39 is 0 Å². The average Bonchev–Trinajstić information content (AvgIpc) is 3.20. The summed E-state index contributed by atoms with van der Waals surface area (Å²) in [7, 11) is 4.09. The molecule has 0 bridgehead atoms. The Morgan fingerprint density at radius 1 is 1.15 bits per heavy atom. The Labute approximate surface area is 181 Å². The molecule has 2 fully saturated rings. The Balaban J connectivity index is 0.00000261. The molecular formula is C20H36IN5O. The Kier molecular flexibility index (Phi) is 9.38. The molecule has 0 atom stereocenters. The van der Waals surface area contributed by atoms with Gasteiger partial charge in [0.15, 0.2) is 5.96 Å². The summed E-state index contributed by atoms with van der Waals surface area (Å²) in [6, 6.07) is 3.95. The zero-order chi connectivity index (χ0) is 18.2. The fourth-order valence-electron chi connectivity index (χ4n) is 4.24. The van der Waals surface area contributed by atoms with E-state index >= 15 is 0 Å². The minimum absolute atomic E-state index is 0. The quantitative estimate of drug-likeness (QED) is 0.366. The first-order valence-corrected chi connectivity index (χ1v) is 10.1. The third-order valence-corrected chi connectivity index (χ3v) is 6.00. The van der Waals surface area contributed by atoms with E-state index in [2.05, 4.69) is 32.5 Å². The largest absolute Gasteiger partial charge is 0.469 e. The van der Waals surface area contributed by atoms with Crippen LogP contribution < -0.4 is 10.6 Å². The number of piperidine rings is 2. The smallest absolute Gasteiger partial charge is 0.191 e. The van der Waals surface area contributed by atoms with Crippen LogP contribution in [0.5, 0.6) is 0 Å². The van der Waals surface area contributed by atoms with Gasteiger partial charge in [0.1, 0.15) is 5.76 Å². The highest BCUT2D eigenvalue weighted by molar-refractivity contribution is 14.0. The number of aliphatic imine (C=N–C) groups is 1. The van der Waals surface area contributed by atoms with Crippen LogP contribution in [0.4, 0.5) is 0 Å². The van der Waals surface area contributed by atoms with E-state index in [-0.39, 0.29) is 29.5 Å². The monoisotopic (exact) mass is 489 g/mol. The normalized spacial score (nSPS) is 21.5. The van der Waals surface area contributed by atoms with Crippen LogP contribution in [-0.4, -0.2) is 74.7 Å². The summed E-state index contributed by atoms with van der Waals surface area (Å²) in [5.41, 5.74) is 0.269. The maximum atomic E-state index is 5.40. The van der Waals surface area contributed by atoms with E-state index in [0.29, 0.717) is 0 Å². The maximum Gasteiger partial charge on any atom is 0.191 e. The number of likely N-dealkylation sites (tertiary alicyclic amines) is 2. The van der Waals surface area contributed by atoms with Crippen LogP contribution in [0.2, 0.25) is 0 Å². The molecule has 6 nitrogen and oxygen atoms in total. The molecule has 0 spiro atoms. The Morgan fingerprint density at radius 3 is 2.52 bits per heavy atom. The summed E-state index contributed by atoms with van der Waals surface area (Å²) < 4.78 is 5.40. The molecule has 0 aliphatic carbocycles. The van der Waals surface area contributed by atoms with Gasteiger partial charge in [0.05, 0.1) is 6.26 Å². The van der Waals surface area contributed by atoms with Crippen LogP contribution in [0.1, 0.15) is 37.9 Å². The number of nitrogens with zero attached hydrogens (tertiary/aromatic N) is 3. The van der Waals surface area contributed by atoms with Crippen molar-refractivity contribution < 1.29 is 4.42 Å². The molecule has 154 valence electrons. The second kappa shape index (κ2) is 11.3. The van der Waals surface area contributed by atoms with Gasteiger partial charge < -0.3 is 20.0 Å². The van der Waals surface area contributed by atoms with Crippen molar-refractivity contribution in [2.45, 2.75) is 44.1 Å². The van der Waals surface area contributed by atoms with Crippen molar-refractivity contribution >= 4 is 29.9 Å². The molecule has 3 heterocycles. The molecule has 0 saturated carbocycles. The molecule has 7 heteroatoms. The Bertz CT molecular complexity index is 549. The molecule has 3 rings (SSSR count). The number of hydrogen-bond acceptors (Lipinski definition) is 4. The van der Waals surface area contributed by atoms with Crippen LogP contribution in [0, 0.1) is 0 Å².